The Balaban J connectivity index is 2.45. The average molecular weight is 206 g/mol. The average Bonchev–Trinajstić information content (AvgIpc) is 2.18. The highest BCUT2D eigenvalue weighted by Gasteiger charge is 2.11. The Morgan fingerprint density at radius 2 is 2.00 bits per heavy atom. The first-order chi connectivity index (χ1) is 7.09. The Hall–Kier alpha value is -0.890. The molecule has 0 N–H and O–H groups in total. The maximum atomic E-state index is 4.34. The van der Waals surface area contributed by atoms with E-state index in [4.69, 9.17) is 0 Å². The first-order valence-corrected chi connectivity index (χ1v) is 5.69. The zero-order valence-corrected chi connectivity index (χ0v) is 10.3. The summed E-state index contributed by atoms with van der Waals surface area (Å²) in [5.41, 5.74) is 1.15. The molecule has 0 saturated heterocycles. The van der Waals surface area contributed by atoms with Gasteiger partial charge < -0.3 is 0 Å². The first kappa shape index (κ1) is 12.2. The van der Waals surface area contributed by atoms with Gasteiger partial charge in [0.05, 0.1) is 5.69 Å². The fourth-order valence-corrected chi connectivity index (χ4v) is 1.77. The van der Waals surface area contributed by atoms with Crippen molar-refractivity contribution in [2.24, 2.45) is 5.92 Å². The maximum absolute atomic E-state index is 4.34. The van der Waals surface area contributed by atoms with Gasteiger partial charge in [-0.15, -0.1) is 0 Å². The van der Waals surface area contributed by atoms with Crippen LogP contribution in [0.4, 0.5) is 0 Å². The van der Waals surface area contributed by atoms with E-state index in [2.05, 4.69) is 43.8 Å². The van der Waals surface area contributed by atoms with Gasteiger partial charge in [-0.25, -0.2) is 0 Å². The lowest BCUT2D eigenvalue weighted by Crippen LogP contribution is -2.30. The summed E-state index contributed by atoms with van der Waals surface area (Å²) in [5, 5.41) is 0. The van der Waals surface area contributed by atoms with Crippen molar-refractivity contribution >= 4 is 0 Å². The Kier molecular flexibility index (Phi) is 4.76. The van der Waals surface area contributed by atoms with Gasteiger partial charge in [0, 0.05) is 18.8 Å². The maximum Gasteiger partial charge on any atom is 0.0543 e. The van der Waals surface area contributed by atoms with E-state index < -0.39 is 0 Å². The molecule has 1 aromatic heterocycles. The molecular formula is C13H22N2. The van der Waals surface area contributed by atoms with Crippen LogP contribution in [0.2, 0.25) is 0 Å². The largest absolute Gasteiger partial charge is 0.298 e. The summed E-state index contributed by atoms with van der Waals surface area (Å²) in [4.78, 5) is 6.70. The van der Waals surface area contributed by atoms with Crippen molar-refractivity contribution in [3.8, 4) is 0 Å². The first-order valence-electron chi connectivity index (χ1n) is 5.69. The summed E-state index contributed by atoms with van der Waals surface area (Å²) >= 11 is 0. The van der Waals surface area contributed by atoms with E-state index >= 15 is 0 Å². The molecule has 1 atom stereocenters. The van der Waals surface area contributed by atoms with Crippen molar-refractivity contribution in [3.05, 3.63) is 30.1 Å². The fraction of sp³-hybridized carbons (Fsp3) is 0.615. The minimum absolute atomic E-state index is 0.618. The molecule has 2 heteroatoms. The normalized spacial score (nSPS) is 13.5. The monoisotopic (exact) mass is 206 g/mol. The van der Waals surface area contributed by atoms with Crippen molar-refractivity contribution in [2.45, 2.75) is 39.8 Å². The summed E-state index contributed by atoms with van der Waals surface area (Å²) in [6.07, 6.45) is 3.10. The van der Waals surface area contributed by atoms with Crippen LogP contribution in [0.3, 0.4) is 0 Å². The molecule has 84 valence electrons. The van der Waals surface area contributed by atoms with Crippen LogP contribution in [0.25, 0.3) is 0 Å². The third-order valence-electron chi connectivity index (χ3n) is 2.70. The van der Waals surface area contributed by atoms with Crippen LogP contribution in [0.15, 0.2) is 24.4 Å². The molecule has 0 amide bonds. The summed E-state index contributed by atoms with van der Waals surface area (Å²) in [5.74, 6) is 0.756. The van der Waals surface area contributed by atoms with E-state index in [0.29, 0.717) is 6.04 Å². The molecule has 1 rings (SSSR count). The standard InChI is InChI=1S/C13H22N2/c1-11(2)9-12(3)15(4)10-13-7-5-6-8-14-13/h5-8,11-12H,9-10H2,1-4H3/t12-/m0/s1. The molecule has 0 aromatic carbocycles. The fourth-order valence-electron chi connectivity index (χ4n) is 1.77. The molecule has 1 heterocycles. The van der Waals surface area contributed by atoms with Crippen LogP contribution in [-0.4, -0.2) is 23.0 Å². The van der Waals surface area contributed by atoms with E-state index in [1.165, 1.54) is 6.42 Å². The molecule has 0 radical (unpaired) electrons. The molecule has 0 unspecified atom stereocenters. The van der Waals surface area contributed by atoms with Crippen molar-refractivity contribution in [2.75, 3.05) is 7.05 Å². The molecule has 0 spiro atoms. The molecule has 0 aliphatic rings. The second kappa shape index (κ2) is 5.86. The van der Waals surface area contributed by atoms with Crippen LogP contribution in [-0.2, 0) is 6.54 Å². The summed E-state index contributed by atoms with van der Waals surface area (Å²) in [6, 6.07) is 6.70. The summed E-state index contributed by atoms with van der Waals surface area (Å²) < 4.78 is 0. The van der Waals surface area contributed by atoms with Crippen molar-refractivity contribution in [1.29, 1.82) is 0 Å². The number of hydrogen-bond donors (Lipinski definition) is 0. The Morgan fingerprint density at radius 3 is 2.53 bits per heavy atom. The lowest BCUT2D eigenvalue weighted by Gasteiger charge is -2.25. The number of rotatable bonds is 5. The zero-order chi connectivity index (χ0) is 11.3. The number of aromatic nitrogens is 1. The second-order valence-electron chi connectivity index (χ2n) is 4.71. The summed E-state index contributed by atoms with van der Waals surface area (Å²) in [7, 11) is 2.17. The van der Waals surface area contributed by atoms with Crippen LogP contribution < -0.4 is 0 Å². The van der Waals surface area contributed by atoms with Gasteiger partial charge in [0.2, 0.25) is 0 Å². The highest BCUT2D eigenvalue weighted by Crippen LogP contribution is 2.11. The highest BCUT2D eigenvalue weighted by atomic mass is 15.1. The summed E-state index contributed by atoms with van der Waals surface area (Å²) in [6.45, 7) is 7.76. The lowest BCUT2D eigenvalue weighted by atomic mass is 10.0. The third kappa shape index (κ3) is 4.43. The Labute approximate surface area is 93.3 Å². The smallest absolute Gasteiger partial charge is 0.0543 e. The zero-order valence-electron chi connectivity index (χ0n) is 10.3. The van der Waals surface area contributed by atoms with E-state index in [1.807, 2.05) is 18.3 Å². The van der Waals surface area contributed by atoms with Crippen LogP contribution in [0.5, 0.6) is 0 Å². The molecule has 0 saturated carbocycles. The Morgan fingerprint density at radius 1 is 1.27 bits per heavy atom. The SMILES string of the molecule is CC(C)C[C@H](C)N(C)Cc1ccccn1. The molecule has 1 aromatic rings. The number of hydrogen-bond acceptors (Lipinski definition) is 2. The van der Waals surface area contributed by atoms with E-state index in [-0.39, 0.29) is 0 Å². The van der Waals surface area contributed by atoms with Crippen LogP contribution in [0.1, 0.15) is 32.9 Å². The number of nitrogens with zero attached hydrogens (tertiary/aromatic N) is 2. The molecule has 0 aliphatic heterocycles. The minimum Gasteiger partial charge on any atom is -0.298 e. The predicted octanol–water partition coefficient (Wildman–Crippen LogP) is 2.95. The van der Waals surface area contributed by atoms with E-state index in [9.17, 15) is 0 Å². The predicted molar refractivity (Wildman–Crippen MR) is 64.6 cm³/mol. The van der Waals surface area contributed by atoms with E-state index in [1.54, 1.807) is 0 Å². The molecule has 15 heavy (non-hydrogen) atoms. The second-order valence-corrected chi connectivity index (χ2v) is 4.71. The van der Waals surface area contributed by atoms with Gasteiger partial charge in [-0.3, -0.25) is 9.88 Å². The molecule has 2 nitrogen and oxygen atoms in total. The van der Waals surface area contributed by atoms with Gasteiger partial charge in [0.1, 0.15) is 0 Å². The van der Waals surface area contributed by atoms with Crippen molar-refractivity contribution in [3.63, 3.8) is 0 Å². The van der Waals surface area contributed by atoms with Crippen LogP contribution in [0, 0.1) is 5.92 Å². The van der Waals surface area contributed by atoms with Gasteiger partial charge in [-0.2, -0.15) is 0 Å². The third-order valence-corrected chi connectivity index (χ3v) is 2.70. The van der Waals surface area contributed by atoms with Gasteiger partial charge in [0.25, 0.3) is 0 Å². The van der Waals surface area contributed by atoms with Gasteiger partial charge in [-0.1, -0.05) is 19.9 Å². The number of pyridine rings is 1. The molecule has 0 bridgehead atoms. The quantitative estimate of drug-likeness (QED) is 0.736. The van der Waals surface area contributed by atoms with Crippen molar-refractivity contribution in [1.82, 2.24) is 9.88 Å². The molecule has 0 fully saturated rings. The topological polar surface area (TPSA) is 16.1 Å². The van der Waals surface area contributed by atoms with Crippen LogP contribution >= 0.6 is 0 Å². The van der Waals surface area contributed by atoms with Crippen molar-refractivity contribution < 1.29 is 0 Å². The van der Waals surface area contributed by atoms with Gasteiger partial charge in [-0.05, 0) is 38.4 Å². The Bertz CT molecular complexity index is 269. The van der Waals surface area contributed by atoms with E-state index in [0.717, 1.165) is 18.2 Å². The molecule has 0 aliphatic carbocycles. The van der Waals surface area contributed by atoms with Gasteiger partial charge in [0.15, 0.2) is 0 Å². The molecular weight excluding hydrogens is 184 g/mol. The lowest BCUT2D eigenvalue weighted by molar-refractivity contribution is 0.218. The van der Waals surface area contributed by atoms with Gasteiger partial charge >= 0.3 is 0 Å². The highest BCUT2D eigenvalue weighted by molar-refractivity contribution is 5.03. The minimum atomic E-state index is 0.618.